The summed E-state index contributed by atoms with van der Waals surface area (Å²) in [7, 11) is 8.06. The molecule has 0 aliphatic heterocycles. The second-order valence-electron chi connectivity index (χ2n) is 5.05. The Bertz CT molecular complexity index is 513. The Kier molecular flexibility index (Phi) is 4.22. The Morgan fingerprint density at radius 2 is 1.95 bits per heavy atom. The third-order valence-electron chi connectivity index (χ3n) is 3.36. The van der Waals surface area contributed by atoms with Crippen LogP contribution in [0.1, 0.15) is 17.2 Å². The van der Waals surface area contributed by atoms with Crippen molar-refractivity contribution in [3.05, 3.63) is 47.8 Å². The molecule has 4 heteroatoms. The number of likely N-dealkylation sites (N-methyl/N-ethyl adjacent to an activating group) is 1. The van der Waals surface area contributed by atoms with Crippen molar-refractivity contribution in [3.8, 4) is 0 Å². The molecule has 0 radical (unpaired) electrons. The van der Waals surface area contributed by atoms with Crippen molar-refractivity contribution in [2.75, 3.05) is 26.0 Å². The molecule has 1 aromatic carbocycles. The first-order chi connectivity index (χ1) is 9.10. The third kappa shape index (κ3) is 3.35. The minimum Gasteiger partial charge on any atom is -0.378 e. The van der Waals surface area contributed by atoms with Crippen LogP contribution in [0.15, 0.2) is 36.7 Å². The number of nitrogens with zero attached hydrogens (tertiary/aromatic N) is 3. The number of hydrogen-bond acceptors (Lipinski definition) is 3. The first-order valence-corrected chi connectivity index (χ1v) is 6.52. The largest absolute Gasteiger partial charge is 0.378 e. The van der Waals surface area contributed by atoms with Gasteiger partial charge in [-0.05, 0) is 36.7 Å². The summed E-state index contributed by atoms with van der Waals surface area (Å²) in [6, 6.07) is 9.01. The highest BCUT2D eigenvalue weighted by atomic mass is 15.2. The maximum atomic E-state index is 4.22. The number of benzene rings is 1. The van der Waals surface area contributed by atoms with Crippen LogP contribution in [0.4, 0.5) is 5.69 Å². The van der Waals surface area contributed by atoms with Gasteiger partial charge in [-0.15, -0.1) is 0 Å². The minimum atomic E-state index is 0.320. The Morgan fingerprint density at radius 3 is 2.42 bits per heavy atom. The molecule has 102 valence electrons. The van der Waals surface area contributed by atoms with E-state index in [1.54, 1.807) is 0 Å². The van der Waals surface area contributed by atoms with E-state index in [1.807, 2.05) is 25.0 Å². The van der Waals surface area contributed by atoms with Gasteiger partial charge in [-0.2, -0.15) is 5.10 Å². The third-order valence-corrected chi connectivity index (χ3v) is 3.36. The highest BCUT2D eigenvalue weighted by Crippen LogP contribution is 2.20. The van der Waals surface area contributed by atoms with E-state index >= 15 is 0 Å². The average Bonchev–Trinajstić information content (AvgIpc) is 2.81. The molecule has 4 nitrogen and oxygen atoms in total. The second kappa shape index (κ2) is 5.89. The van der Waals surface area contributed by atoms with Crippen LogP contribution in [0.2, 0.25) is 0 Å². The van der Waals surface area contributed by atoms with E-state index in [1.165, 1.54) is 16.8 Å². The molecule has 1 unspecified atom stereocenters. The van der Waals surface area contributed by atoms with E-state index in [-0.39, 0.29) is 0 Å². The van der Waals surface area contributed by atoms with Crippen LogP contribution in [0.3, 0.4) is 0 Å². The molecular formula is C15H22N4. The summed E-state index contributed by atoms with van der Waals surface area (Å²) < 4.78 is 1.84. The van der Waals surface area contributed by atoms with E-state index in [9.17, 15) is 0 Å². The van der Waals surface area contributed by atoms with Crippen molar-refractivity contribution in [3.63, 3.8) is 0 Å². The molecule has 0 bridgehead atoms. The quantitative estimate of drug-likeness (QED) is 0.890. The van der Waals surface area contributed by atoms with Gasteiger partial charge in [0.25, 0.3) is 0 Å². The Morgan fingerprint density at radius 1 is 1.26 bits per heavy atom. The first-order valence-electron chi connectivity index (χ1n) is 6.52. The SMILES string of the molecule is CNC(Cc1cnn(C)c1)c1ccc(N(C)C)cc1. The summed E-state index contributed by atoms with van der Waals surface area (Å²) in [5.41, 5.74) is 3.77. The van der Waals surface area contributed by atoms with Crippen molar-refractivity contribution in [1.82, 2.24) is 15.1 Å². The zero-order chi connectivity index (χ0) is 13.8. The molecule has 0 fully saturated rings. The molecule has 0 amide bonds. The Balaban J connectivity index is 2.12. The van der Waals surface area contributed by atoms with E-state index in [0.717, 1.165) is 6.42 Å². The zero-order valence-corrected chi connectivity index (χ0v) is 12.1. The van der Waals surface area contributed by atoms with Gasteiger partial charge in [0, 0.05) is 39.1 Å². The lowest BCUT2D eigenvalue weighted by molar-refractivity contribution is 0.591. The molecule has 0 spiro atoms. The average molecular weight is 258 g/mol. The number of aryl methyl sites for hydroxylation is 1. The lowest BCUT2D eigenvalue weighted by atomic mass is 10.0. The molecule has 1 atom stereocenters. The zero-order valence-electron chi connectivity index (χ0n) is 12.1. The van der Waals surface area contributed by atoms with E-state index in [2.05, 4.69) is 59.9 Å². The molecule has 2 rings (SSSR count). The molecule has 0 saturated carbocycles. The summed E-state index contributed by atoms with van der Waals surface area (Å²) in [4.78, 5) is 2.11. The van der Waals surface area contributed by atoms with Crippen LogP contribution in [-0.4, -0.2) is 30.9 Å². The fourth-order valence-electron chi connectivity index (χ4n) is 2.20. The van der Waals surface area contributed by atoms with Gasteiger partial charge in [0.2, 0.25) is 0 Å². The predicted molar refractivity (Wildman–Crippen MR) is 79.5 cm³/mol. The smallest absolute Gasteiger partial charge is 0.0522 e. The van der Waals surface area contributed by atoms with Gasteiger partial charge in [-0.25, -0.2) is 0 Å². The molecule has 19 heavy (non-hydrogen) atoms. The van der Waals surface area contributed by atoms with Gasteiger partial charge < -0.3 is 10.2 Å². The number of nitrogens with one attached hydrogen (secondary N) is 1. The fourth-order valence-corrected chi connectivity index (χ4v) is 2.20. The fraction of sp³-hybridized carbons (Fsp3) is 0.400. The number of rotatable bonds is 5. The maximum Gasteiger partial charge on any atom is 0.0522 e. The first kappa shape index (κ1) is 13.6. The molecule has 1 heterocycles. The minimum absolute atomic E-state index is 0.320. The van der Waals surface area contributed by atoms with E-state index in [4.69, 9.17) is 0 Å². The van der Waals surface area contributed by atoms with Crippen LogP contribution in [-0.2, 0) is 13.5 Å². The van der Waals surface area contributed by atoms with Crippen LogP contribution >= 0.6 is 0 Å². The molecule has 1 aromatic heterocycles. The molecule has 1 N–H and O–H groups in total. The maximum absolute atomic E-state index is 4.22. The monoisotopic (exact) mass is 258 g/mol. The lowest BCUT2D eigenvalue weighted by Crippen LogP contribution is -2.19. The van der Waals surface area contributed by atoms with Gasteiger partial charge >= 0.3 is 0 Å². The van der Waals surface area contributed by atoms with E-state index in [0.29, 0.717) is 6.04 Å². The Hall–Kier alpha value is -1.81. The van der Waals surface area contributed by atoms with Crippen molar-refractivity contribution in [2.45, 2.75) is 12.5 Å². The summed E-state index contributed by atoms with van der Waals surface area (Å²) >= 11 is 0. The number of hydrogen-bond donors (Lipinski definition) is 1. The number of aromatic nitrogens is 2. The van der Waals surface area contributed by atoms with Gasteiger partial charge in [0.05, 0.1) is 6.20 Å². The standard InChI is InChI=1S/C15H22N4/c1-16-15(9-12-10-17-19(4)11-12)13-5-7-14(8-6-13)18(2)3/h5-8,10-11,15-16H,9H2,1-4H3. The predicted octanol–water partition coefficient (Wildman–Crippen LogP) is 1.99. The topological polar surface area (TPSA) is 33.1 Å². The lowest BCUT2D eigenvalue weighted by Gasteiger charge is -2.18. The molecule has 0 aliphatic rings. The van der Waals surface area contributed by atoms with Gasteiger partial charge in [0.15, 0.2) is 0 Å². The summed E-state index contributed by atoms with van der Waals surface area (Å²) in [5.74, 6) is 0. The van der Waals surface area contributed by atoms with Crippen molar-refractivity contribution in [2.24, 2.45) is 7.05 Å². The summed E-state index contributed by atoms with van der Waals surface area (Å²) in [6.45, 7) is 0. The highest BCUT2D eigenvalue weighted by Gasteiger charge is 2.11. The van der Waals surface area contributed by atoms with Crippen molar-refractivity contribution >= 4 is 5.69 Å². The van der Waals surface area contributed by atoms with Gasteiger partial charge in [-0.1, -0.05) is 12.1 Å². The normalized spacial score (nSPS) is 12.4. The molecular weight excluding hydrogens is 236 g/mol. The van der Waals surface area contributed by atoms with Crippen LogP contribution in [0, 0.1) is 0 Å². The Labute approximate surface area is 115 Å². The molecule has 2 aromatic rings. The van der Waals surface area contributed by atoms with Crippen LogP contribution in [0.5, 0.6) is 0 Å². The molecule has 0 aliphatic carbocycles. The van der Waals surface area contributed by atoms with E-state index < -0.39 is 0 Å². The van der Waals surface area contributed by atoms with Crippen molar-refractivity contribution in [1.29, 1.82) is 0 Å². The van der Waals surface area contributed by atoms with Gasteiger partial charge in [-0.3, -0.25) is 4.68 Å². The van der Waals surface area contributed by atoms with Crippen molar-refractivity contribution < 1.29 is 0 Å². The van der Waals surface area contributed by atoms with Crippen LogP contribution < -0.4 is 10.2 Å². The summed E-state index contributed by atoms with van der Waals surface area (Å²) in [5, 5.41) is 7.59. The highest BCUT2D eigenvalue weighted by molar-refractivity contribution is 5.46. The van der Waals surface area contributed by atoms with Crippen LogP contribution in [0.25, 0.3) is 0 Å². The number of anilines is 1. The van der Waals surface area contributed by atoms with Gasteiger partial charge in [0.1, 0.15) is 0 Å². The summed E-state index contributed by atoms with van der Waals surface area (Å²) in [6.07, 6.45) is 4.95. The second-order valence-corrected chi connectivity index (χ2v) is 5.05. The molecule has 0 saturated heterocycles.